The number of pyridine rings is 1. The Kier molecular flexibility index (Phi) is 6.56. The quantitative estimate of drug-likeness (QED) is 0.625. The zero-order valence-corrected chi connectivity index (χ0v) is 16.1. The number of rotatable bonds is 8. The maximum atomic E-state index is 4.74. The van der Waals surface area contributed by atoms with Crippen molar-refractivity contribution in [2.24, 2.45) is 0 Å². The van der Waals surface area contributed by atoms with Crippen LogP contribution in [0.1, 0.15) is 38.9 Å². The Morgan fingerprint density at radius 2 is 2.15 bits per heavy atom. The van der Waals surface area contributed by atoms with Gasteiger partial charge in [0, 0.05) is 52.3 Å². The van der Waals surface area contributed by atoms with Gasteiger partial charge in [0.15, 0.2) is 0 Å². The molecule has 5 heteroatoms. The van der Waals surface area contributed by atoms with Crippen molar-refractivity contribution < 1.29 is 1.43 Å². The minimum Gasteiger partial charge on any atom is -0.372 e. The fraction of sp³-hybridized carbons (Fsp3) is 0.571. The van der Waals surface area contributed by atoms with Gasteiger partial charge in [0.1, 0.15) is 5.82 Å². The summed E-state index contributed by atoms with van der Waals surface area (Å²) in [6.07, 6.45) is 5.57. The molecule has 1 saturated heterocycles. The highest BCUT2D eigenvalue weighted by Gasteiger charge is 2.19. The summed E-state index contributed by atoms with van der Waals surface area (Å²) in [5.74, 6) is 2.01. The second kappa shape index (κ2) is 9.08. The highest BCUT2D eigenvalue weighted by molar-refractivity contribution is 5.47. The number of piperidine rings is 1. The van der Waals surface area contributed by atoms with Gasteiger partial charge in [0.25, 0.3) is 0 Å². The lowest BCUT2D eigenvalue weighted by Gasteiger charge is -2.33. The third-order valence-corrected chi connectivity index (χ3v) is 5.13. The van der Waals surface area contributed by atoms with Crippen molar-refractivity contribution in [3.8, 4) is 0 Å². The van der Waals surface area contributed by atoms with E-state index in [4.69, 9.17) is 4.98 Å². The van der Waals surface area contributed by atoms with Gasteiger partial charge in [-0.3, -0.25) is 4.90 Å². The molecule has 0 atom stereocenters. The predicted octanol–water partition coefficient (Wildman–Crippen LogP) is 2.92. The summed E-state index contributed by atoms with van der Waals surface area (Å²) >= 11 is 0. The van der Waals surface area contributed by atoms with E-state index in [2.05, 4.69) is 53.1 Å². The number of anilines is 1. The minimum atomic E-state index is 0. The van der Waals surface area contributed by atoms with Gasteiger partial charge < -0.3 is 16.0 Å². The molecular formula is C21H35N5. The SMILES string of the molecule is C=C(C)CN1CCC(NC(=C)NCCc2ccc3c(n2)NCCC3)CC1.[HH]. The van der Waals surface area contributed by atoms with Crippen molar-refractivity contribution in [1.82, 2.24) is 20.5 Å². The average molecular weight is 358 g/mol. The number of hydrogen-bond acceptors (Lipinski definition) is 5. The first-order valence-corrected chi connectivity index (χ1v) is 9.89. The van der Waals surface area contributed by atoms with Gasteiger partial charge in [-0.05, 0) is 44.2 Å². The number of aryl methyl sites for hydroxylation is 1. The van der Waals surface area contributed by atoms with Crippen molar-refractivity contribution in [1.29, 1.82) is 0 Å². The third-order valence-electron chi connectivity index (χ3n) is 5.13. The monoisotopic (exact) mass is 357 g/mol. The lowest BCUT2D eigenvalue weighted by atomic mass is 10.0. The molecule has 1 aromatic rings. The number of nitrogens with one attached hydrogen (secondary N) is 3. The van der Waals surface area contributed by atoms with E-state index in [1.165, 1.54) is 17.6 Å². The molecule has 0 amide bonds. The van der Waals surface area contributed by atoms with Gasteiger partial charge >= 0.3 is 0 Å². The van der Waals surface area contributed by atoms with E-state index in [1.807, 2.05) is 0 Å². The smallest absolute Gasteiger partial charge is 0.129 e. The molecule has 0 bridgehead atoms. The Morgan fingerprint density at radius 3 is 2.92 bits per heavy atom. The lowest BCUT2D eigenvalue weighted by Crippen LogP contribution is -2.44. The third kappa shape index (κ3) is 5.49. The van der Waals surface area contributed by atoms with Gasteiger partial charge in [0.05, 0.1) is 5.82 Å². The maximum Gasteiger partial charge on any atom is 0.129 e. The fourth-order valence-electron chi connectivity index (χ4n) is 3.76. The van der Waals surface area contributed by atoms with Crippen molar-refractivity contribution in [2.45, 2.75) is 45.1 Å². The second-order valence-electron chi connectivity index (χ2n) is 7.65. The van der Waals surface area contributed by atoms with Crippen molar-refractivity contribution in [3.05, 3.63) is 47.9 Å². The molecule has 0 saturated carbocycles. The van der Waals surface area contributed by atoms with Gasteiger partial charge in [-0.2, -0.15) is 0 Å². The molecule has 5 nitrogen and oxygen atoms in total. The Hall–Kier alpha value is -2.01. The number of likely N-dealkylation sites (tertiary alicyclic amines) is 1. The summed E-state index contributed by atoms with van der Waals surface area (Å²) in [4.78, 5) is 7.22. The molecule has 3 heterocycles. The summed E-state index contributed by atoms with van der Waals surface area (Å²) in [5.41, 5.74) is 3.72. The van der Waals surface area contributed by atoms with Crippen LogP contribution in [0.5, 0.6) is 0 Å². The molecule has 2 aliphatic rings. The average Bonchev–Trinajstić information content (AvgIpc) is 2.63. The number of fused-ring (bicyclic) bond motifs is 1. The molecule has 0 aliphatic carbocycles. The molecular weight excluding hydrogens is 322 g/mol. The molecule has 3 N–H and O–H groups in total. The summed E-state index contributed by atoms with van der Waals surface area (Å²) in [5, 5.41) is 10.4. The van der Waals surface area contributed by atoms with Crippen LogP contribution in [0, 0.1) is 0 Å². The van der Waals surface area contributed by atoms with Crippen molar-refractivity contribution in [3.63, 3.8) is 0 Å². The zero-order valence-electron chi connectivity index (χ0n) is 16.1. The van der Waals surface area contributed by atoms with Crippen LogP contribution in [0.25, 0.3) is 0 Å². The molecule has 0 spiro atoms. The molecule has 0 aromatic carbocycles. The highest BCUT2D eigenvalue weighted by Crippen LogP contribution is 2.19. The van der Waals surface area contributed by atoms with Crippen LogP contribution in [0.3, 0.4) is 0 Å². The maximum absolute atomic E-state index is 4.74. The molecule has 1 aromatic heterocycles. The molecule has 1 fully saturated rings. The van der Waals surface area contributed by atoms with E-state index in [-0.39, 0.29) is 1.43 Å². The fourth-order valence-corrected chi connectivity index (χ4v) is 3.76. The number of hydrogen-bond donors (Lipinski definition) is 3. The highest BCUT2D eigenvalue weighted by atomic mass is 15.2. The summed E-state index contributed by atoms with van der Waals surface area (Å²) in [7, 11) is 0. The molecule has 3 rings (SSSR count). The van der Waals surface area contributed by atoms with Gasteiger partial charge in [-0.25, -0.2) is 4.98 Å². The molecule has 144 valence electrons. The lowest BCUT2D eigenvalue weighted by molar-refractivity contribution is 0.216. The van der Waals surface area contributed by atoms with E-state index >= 15 is 0 Å². The van der Waals surface area contributed by atoms with E-state index in [0.29, 0.717) is 6.04 Å². The van der Waals surface area contributed by atoms with Crippen LogP contribution >= 0.6 is 0 Å². The van der Waals surface area contributed by atoms with Gasteiger partial charge in [0.2, 0.25) is 0 Å². The molecule has 2 aliphatic heterocycles. The Balaban J connectivity index is 0.00000261. The molecule has 0 unspecified atom stereocenters. The number of aromatic nitrogens is 1. The van der Waals surface area contributed by atoms with Crippen molar-refractivity contribution in [2.75, 3.05) is 38.0 Å². The van der Waals surface area contributed by atoms with Crippen molar-refractivity contribution >= 4 is 5.82 Å². The van der Waals surface area contributed by atoms with E-state index in [1.54, 1.807) is 0 Å². The normalized spacial score (nSPS) is 17.9. The second-order valence-corrected chi connectivity index (χ2v) is 7.65. The summed E-state index contributed by atoms with van der Waals surface area (Å²) in [6.45, 7) is 15.4. The summed E-state index contributed by atoms with van der Waals surface area (Å²) < 4.78 is 0. The first kappa shape index (κ1) is 18.8. The van der Waals surface area contributed by atoms with E-state index in [9.17, 15) is 0 Å². The van der Waals surface area contributed by atoms with Crippen LogP contribution in [0.2, 0.25) is 0 Å². The van der Waals surface area contributed by atoms with Crippen LogP contribution in [0.4, 0.5) is 5.82 Å². The van der Waals surface area contributed by atoms with E-state index in [0.717, 1.165) is 75.7 Å². The molecule has 26 heavy (non-hydrogen) atoms. The van der Waals surface area contributed by atoms with Crippen LogP contribution in [-0.4, -0.2) is 48.6 Å². The topological polar surface area (TPSA) is 52.2 Å². The Bertz CT molecular complexity index is 637. The predicted molar refractivity (Wildman–Crippen MR) is 111 cm³/mol. The van der Waals surface area contributed by atoms with Crippen LogP contribution < -0.4 is 16.0 Å². The van der Waals surface area contributed by atoms with Gasteiger partial charge in [-0.15, -0.1) is 0 Å². The van der Waals surface area contributed by atoms with E-state index < -0.39 is 0 Å². The number of nitrogens with zero attached hydrogens (tertiary/aromatic N) is 2. The Labute approximate surface area is 159 Å². The molecule has 0 radical (unpaired) electrons. The largest absolute Gasteiger partial charge is 0.372 e. The first-order valence-electron chi connectivity index (χ1n) is 9.89. The zero-order chi connectivity index (χ0) is 18.4. The van der Waals surface area contributed by atoms with Gasteiger partial charge in [-0.1, -0.05) is 24.8 Å². The Morgan fingerprint density at radius 1 is 1.35 bits per heavy atom. The standard InChI is InChI=1S/C21H33N5.H2/c1-16(2)15-26-13-9-20(10-14-26)24-17(3)22-12-8-19-7-6-18-5-4-11-23-21(18)25-19;/h6-7,20,22,24H,1,3-5,8-15H2,2H3,(H,23,25);1H. The van der Waals surface area contributed by atoms with Crippen LogP contribution in [-0.2, 0) is 12.8 Å². The first-order chi connectivity index (χ1) is 12.6. The van der Waals surface area contributed by atoms with Crippen LogP contribution in [0.15, 0.2) is 36.7 Å². The minimum absolute atomic E-state index is 0. The summed E-state index contributed by atoms with van der Waals surface area (Å²) in [6, 6.07) is 4.89.